The fraction of sp³-hybridized carbons (Fsp3) is 0.636. The molecule has 0 saturated heterocycles. The number of hydrogen-bond acceptors (Lipinski definition) is 5. The summed E-state index contributed by atoms with van der Waals surface area (Å²) in [7, 11) is 0. The summed E-state index contributed by atoms with van der Waals surface area (Å²) in [6.07, 6.45) is 4.77. The van der Waals surface area contributed by atoms with Crippen LogP contribution in [0.4, 0.5) is 5.13 Å². The third-order valence-electron chi connectivity index (χ3n) is 2.41. The zero-order chi connectivity index (χ0) is 12.7. The zero-order valence-corrected chi connectivity index (χ0v) is 10.8. The number of anilines is 1. The normalized spacial score (nSPS) is 12.4. The Hall–Kier alpha value is -1.14. The summed E-state index contributed by atoms with van der Waals surface area (Å²) in [6, 6.07) is -1.03. The minimum absolute atomic E-state index is 0.415. The number of nitrogens with one attached hydrogen (secondary N) is 1. The first kappa shape index (κ1) is 13.9. The Kier molecular flexibility index (Phi) is 5.93. The van der Waals surface area contributed by atoms with Crippen molar-refractivity contribution in [2.75, 3.05) is 11.9 Å². The zero-order valence-electron chi connectivity index (χ0n) is 9.98. The number of aromatic nitrogens is 1. The molecule has 1 heterocycles. The highest BCUT2D eigenvalue weighted by molar-refractivity contribution is 7.13. The van der Waals surface area contributed by atoms with Crippen molar-refractivity contribution in [1.82, 2.24) is 4.98 Å². The van der Waals surface area contributed by atoms with E-state index in [2.05, 4.69) is 17.2 Å². The number of carbonyl (C=O) groups is 1. The lowest BCUT2D eigenvalue weighted by atomic mass is 10.2. The van der Waals surface area contributed by atoms with E-state index in [-0.39, 0.29) is 0 Å². The summed E-state index contributed by atoms with van der Waals surface area (Å²) in [6.45, 7) is 3.04. The number of hydrogen-bond donors (Lipinski definition) is 3. The maximum absolute atomic E-state index is 10.7. The van der Waals surface area contributed by atoms with E-state index in [4.69, 9.17) is 10.8 Å². The SMILES string of the molecule is CCCCCCNc1nc(C(N)C(=O)O)cs1. The quantitative estimate of drug-likeness (QED) is 0.621. The van der Waals surface area contributed by atoms with E-state index in [0.29, 0.717) is 5.69 Å². The summed E-state index contributed by atoms with van der Waals surface area (Å²) >= 11 is 1.39. The third-order valence-corrected chi connectivity index (χ3v) is 3.23. The molecule has 5 nitrogen and oxygen atoms in total. The van der Waals surface area contributed by atoms with Crippen molar-refractivity contribution < 1.29 is 9.90 Å². The molecule has 0 amide bonds. The molecule has 1 atom stereocenters. The minimum atomic E-state index is -1.05. The van der Waals surface area contributed by atoms with Gasteiger partial charge in [0, 0.05) is 11.9 Å². The highest BCUT2D eigenvalue weighted by Crippen LogP contribution is 2.19. The lowest BCUT2D eigenvalue weighted by Gasteiger charge is -2.02. The molecule has 0 aliphatic carbocycles. The third kappa shape index (κ3) is 4.70. The fourth-order valence-electron chi connectivity index (χ4n) is 1.38. The van der Waals surface area contributed by atoms with Crippen LogP contribution < -0.4 is 11.1 Å². The Bertz CT molecular complexity index is 354. The molecule has 0 radical (unpaired) electrons. The van der Waals surface area contributed by atoms with E-state index in [9.17, 15) is 4.79 Å². The maximum atomic E-state index is 10.7. The molecule has 0 saturated carbocycles. The summed E-state index contributed by atoms with van der Waals surface area (Å²) in [5, 5.41) is 14.3. The molecular weight excluding hydrogens is 238 g/mol. The van der Waals surface area contributed by atoms with Crippen LogP contribution in [-0.2, 0) is 4.79 Å². The van der Waals surface area contributed by atoms with Crippen LogP contribution in [0.1, 0.15) is 44.3 Å². The summed E-state index contributed by atoms with van der Waals surface area (Å²) in [5.41, 5.74) is 5.88. The molecule has 1 rings (SSSR count). The maximum Gasteiger partial charge on any atom is 0.326 e. The molecule has 0 spiro atoms. The van der Waals surface area contributed by atoms with Gasteiger partial charge in [0.2, 0.25) is 0 Å². The molecule has 0 aliphatic heterocycles. The molecule has 1 aromatic heterocycles. The molecule has 1 unspecified atom stereocenters. The minimum Gasteiger partial charge on any atom is -0.480 e. The second-order valence-corrected chi connectivity index (χ2v) is 4.74. The molecular formula is C11H19N3O2S. The fourth-order valence-corrected chi connectivity index (χ4v) is 2.16. The topological polar surface area (TPSA) is 88.2 Å². The Labute approximate surface area is 105 Å². The Morgan fingerprint density at radius 2 is 2.35 bits per heavy atom. The second kappa shape index (κ2) is 7.24. The van der Waals surface area contributed by atoms with Crippen molar-refractivity contribution in [1.29, 1.82) is 0 Å². The van der Waals surface area contributed by atoms with Gasteiger partial charge in [-0.15, -0.1) is 11.3 Å². The van der Waals surface area contributed by atoms with E-state index >= 15 is 0 Å². The van der Waals surface area contributed by atoms with Crippen LogP contribution in [0.3, 0.4) is 0 Å². The lowest BCUT2D eigenvalue weighted by molar-refractivity contribution is -0.138. The molecule has 0 bridgehead atoms. The van der Waals surface area contributed by atoms with Gasteiger partial charge in [-0.1, -0.05) is 26.2 Å². The van der Waals surface area contributed by atoms with Crippen molar-refractivity contribution in [2.24, 2.45) is 5.73 Å². The summed E-state index contributed by atoms with van der Waals surface area (Å²) < 4.78 is 0. The molecule has 6 heteroatoms. The number of nitrogens with zero attached hydrogens (tertiary/aromatic N) is 1. The van der Waals surface area contributed by atoms with Gasteiger partial charge >= 0.3 is 5.97 Å². The smallest absolute Gasteiger partial charge is 0.326 e. The largest absolute Gasteiger partial charge is 0.480 e. The molecule has 1 aromatic rings. The van der Waals surface area contributed by atoms with Crippen molar-refractivity contribution in [3.05, 3.63) is 11.1 Å². The molecule has 96 valence electrons. The Morgan fingerprint density at radius 3 is 3.00 bits per heavy atom. The predicted octanol–water partition coefficient (Wildman–Crippen LogP) is 2.22. The molecule has 0 aromatic carbocycles. The Balaban J connectivity index is 2.33. The van der Waals surface area contributed by atoms with Gasteiger partial charge in [0.1, 0.15) is 6.04 Å². The standard InChI is InChI=1S/C11H19N3O2S/c1-2-3-4-5-6-13-11-14-8(7-17-11)9(12)10(15)16/h7,9H,2-6,12H2,1H3,(H,13,14)(H,15,16). The first-order valence-electron chi connectivity index (χ1n) is 5.82. The van der Waals surface area contributed by atoms with Gasteiger partial charge in [0.25, 0.3) is 0 Å². The average molecular weight is 257 g/mol. The van der Waals surface area contributed by atoms with Gasteiger partial charge in [-0.3, -0.25) is 4.79 Å². The van der Waals surface area contributed by atoms with Crippen molar-refractivity contribution in [3.63, 3.8) is 0 Å². The molecule has 17 heavy (non-hydrogen) atoms. The van der Waals surface area contributed by atoms with Crippen molar-refractivity contribution in [2.45, 2.75) is 38.6 Å². The summed E-state index contributed by atoms with van der Waals surface area (Å²) in [4.78, 5) is 14.8. The van der Waals surface area contributed by atoms with E-state index in [1.165, 1.54) is 30.6 Å². The monoisotopic (exact) mass is 257 g/mol. The second-order valence-electron chi connectivity index (χ2n) is 3.88. The average Bonchev–Trinajstić information content (AvgIpc) is 2.76. The van der Waals surface area contributed by atoms with Crippen LogP contribution in [0, 0.1) is 0 Å². The van der Waals surface area contributed by atoms with Gasteiger partial charge in [0.15, 0.2) is 5.13 Å². The van der Waals surface area contributed by atoms with Crippen LogP contribution >= 0.6 is 11.3 Å². The number of aliphatic carboxylic acids is 1. The number of unbranched alkanes of at least 4 members (excludes halogenated alkanes) is 3. The molecule has 0 aliphatic rings. The number of carboxylic acid groups (broad SMARTS) is 1. The molecule has 4 N–H and O–H groups in total. The summed E-state index contributed by atoms with van der Waals surface area (Å²) in [5.74, 6) is -1.05. The van der Waals surface area contributed by atoms with Crippen molar-refractivity contribution in [3.8, 4) is 0 Å². The van der Waals surface area contributed by atoms with E-state index in [1.54, 1.807) is 5.38 Å². The van der Waals surface area contributed by atoms with Crippen LogP contribution in [0.5, 0.6) is 0 Å². The van der Waals surface area contributed by atoms with E-state index in [1.807, 2.05) is 0 Å². The van der Waals surface area contributed by atoms with E-state index in [0.717, 1.165) is 18.1 Å². The predicted molar refractivity (Wildman–Crippen MR) is 69.3 cm³/mol. The molecule has 0 fully saturated rings. The van der Waals surface area contributed by atoms with Gasteiger partial charge in [0.05, 0.1) is 5.69 Å². The number of rotatable bonds is 8. The first-order chi connectivity index (χ1) is 8.15. The Morgan fingerprint density at radius 1 is 1.59 bits per heavy atom. The van der Waals surface area contributed by atoms with E-state index < -0.39 is 12.0 Å². The highest BCUT2D eigenvalue weighted by Gasteiger charge is 2.17. The van der Waals surface area contributed by atoms with Crippen LogP contribution in [0.2, 0.25) is 0 Å². The number of carboxylic acids is 1. The van der Waals surface area contributed by atoms with Crippen LogP contribution in [0.15, 0.2) is 5.38 Å². The highest BCUT2D eigenvalue weighted by atomic mass is 32.1. The van der Waals surface area contributed by atoms with Crippen LogP contribution in [-0.4, -0.2) is 22.6 Å². The first-order valence-corrected chi connectivity index (χ1v) is 6.70. The number of nitrogens with two attached hydrogens (primary N) is 1. The number of thiazole rings is 1. The van der Waals surface area contributed by atoms with Gasteiger partial charge in [-0.05, 0) is 6.42 Å². The van der Waals surface area contributed by atoms with Gasteiger partial charge in [-0.2, -0.15) is 0 Å². The van der Waals surface area contributed by atoms with Gasteiger partial charge < -0.3 is 16.2 Å². The lowest BCUT2D eigenvalue weighted by Crippen LogP contribution is -2.20. The van der Waals surface area contributed by atoms with Crippen LogP contribution in [0.25, 0.3) is 0 Å². The van der Waals surface area contributed by atoms with Crippen molar-refractivity contribution >= 4 is 22.4 Å². The van der Waals surface area contributed by atoms with Gasteiger partial charge in [-0.25, -0.2) is 4.98 Å².